The first kappa shape index (κ1) is 14.7. The number of rotatable bonds is 5. The molecule has 0 bridgehead atoms. The highest BCUT2D eigenvalue weighted by atomic mass is 16.6. The predicted octanol–water partition coefficient (Wildman–Crippen LogP) is 1.41. The first-order valence-corrected chi connectivity index (χ1v) is 7.04. The third-order valence-corrected chi connectivity index (χ3v) is 3.19. The second kappa shape index (κ2) is 6.61. The Morgan fingerprint density at radius 2 is 2.15 bits per heavy atom. The first-order valence-electron chi connectivity index (χ1n) is 7.04. The van der Waals surface area contributed by atoms with Gasteiger partial charge in [-0.3, -0.25) is 4.79 Å². The summed E-state index contributed by atoms with van der Waals surface area (Å²) < 4.78 is 11.5. The van der Waals surface area contributed by atoms with Crippen molar-refractivity contribution in [2.45, 2.75) is 32.4 Å². The highest BCUT2D eigenvalue weighted by Gasteiger charge is 2.26. The molecule has 0 radical (unpaired) electrons. The summed E-state index contributed by atoms with van der Waals surface area (Å²) in [5.74, 6) is 1.44. The SMILES string of the molecule is CCCN(CC1COc2ccccc2O1)C(=O)[C@H](C)N. The van der Waals surface area contributed by atoms with E-state index in [0.29, 0.717) is 19.7 Å². The van der Waals surface area contributed by atoms with E-state index in [-0.39, 0.29) is 12.0 Å². The van der Waals surface area contributed by atoms with E-state index in [1.165, 1.54) is 0 Å². The van der Waals surface area contributed by atoms with Gasteiger partial charge in [0.2, 0.25) is 5.91 Å². The Balaban J connectivity index is 2.00. The molecule has 1 heterocycles. The molecule has 1 aliphatic heterocycles. The lowest BCUT2D eigenvalue weighted by Gasteiger charge is -2.32. The van der Waals surface area contributed by atoms with Crippen molar-refractivity contribution in [3.8, 4) is 11.5 Å². The molecule has 0 aromatic heterocycles. The Kier molecular flexibility index (Phi) is 4.84. The fourth-order valence-corrected chi connectivity index (χ4v) is 2.25. The van der Waals surface area contributed by atoms with Gasteiger partial charge in [0, 0.05) is 6.54 Å². The molecular formula is C15H22N2O3. The lowest BCUT2D eigenvalue weighted by Crippen LogP contribution is -2.48. The molecule has 2 N–H and O–H groups in total. The summed E-state index contributed by atoms with van der Waals surface area (Å²) in [5.41, 5.74) is 5.69. The molecule has 1 aromatic carbocycles. The Morgan fingerprint density at radius 1 is 1.45 bits per heavy atom. The Bertz CT molecular complexity index is 462. The molecule has 1 unspecified atom stereocenters. The minimum Gasteiger partial charge on any atom is -0.486 e. The van der Waals surface area contributed by atoms with E-state index in [2.05, 4.69) is 0 Å². The van der Waals surface area contributed by atoms with Crippen LogP contribution in [0.1, 0.15) is 20.3 Å². The van der Waals surface area contributed by atoms with E-state index in [1.54, 1.807) is 11.8 Å². The fraction of sp³-hybridized carbons (Fsp3) is 0.533. The highest BCUT2D eigenvalue weighted by molar-refractivity contribution is 5.81. The Hall–Kier alpha value is -1.75. The van der Waals surface area contributed by atoms with Crippen LogP contribution in [0.3, 0.4) is 0 Å². The van der Waals surface area contributed by atoms with Crippen LogP contribution in [0.15, 0.2) is 24.3 Å². The minimum atomic E-state index is -0.488. The standard InChI is InChI=1S/C15H22N2O3/c1-3-8-17(15(18)11(2)16)9-12-10-19-13-6-4-5-7-14(13)20-12/h4-7,11-12H,3,8-10,16H2,1-2H3/t11-,12?/m0/s1. The number of hydrogen-bond donors (Lipinski definition) is 1. The van der Waals surface area contributed by atoms with Crippen molar-refractivity contribution in [2.75, 3.05) is 19.7 Å². The van der Waals surface area contributed by atoms with Crippen molar-refractivity contribution >= 4 is 5.91 Å². The molecule has 0 aliphatic carbocycles. The van der Waals surface area contributed by atoms with Gasteiger partial charge in [0.25, 0.3) is 0 Å². The van der Waals surface area contributed by atoms with Crippen LogP contribution in [0.2, 0.25) is 0 Å². The van der Waals surface area contributed by atoms with Gasteiger partial charge in [-0.05, 0) is 25.5 Å². The number of fused-ring (bicyclic) bond motifs is 1. The van der Waals surface area contributed by atoms with Gasteiger partial charge in [-0.1, -0.05) is 19.1 Å². The predicted molar refractivity (Wildman–Crippen MR) is 76.9 cm³/mol. The second-order valence-electron chi connectivity index (χ2n) is 5.07. The monoisotopic (exact) mass is 278 g/mol. The molecular weight excluding hydrogens is 256 g/mol. The fourth-order valence-electron chi connectivity index (χ4n) is 2.25. The van der Waals surface area contributed by atoms with Gasteiger partial charge >= 0.3 is 0 Å². The summed E-state index contributed by atoms with van der Waals surface area (Å²) in [6.45, 7) is 5.38. The molecule has 2 rings (SSSR count). The van der Waals surface area contributed by atoms with E-state index in [4.69, 9.17) is 15.2 Å². The zero-order chi connectivity index (χ0) is 14.5. The van der Waals surface area contributed by atoms with Gasteiger partial charge < -0.3 is 20.1 Å². The number of nitrogens with two attached hydrogens (primary N) is 1. The zero-order valence-corrected chi connectivity index (χ0v) is 12.0. The molecule has 0 saturated heterocycles. The number of benzene rings is 1. The Labute approximate surface area is 119 Å². The van der Waals surface area contributed by atoms with Crippen molar-refractivity contribution in [1.82, 2.24) is 4.90 Å². The van der Waals surface area contributed by atoms with Crippen LogP contribution < -0.4 is 15.2 Å². The molecule has 0 saturated carbocycles. The summed E-state index contributed by atoms with van der Waals surface area (Å²) in [7, 11) is 0. The number of hydrogen-bond acceptors (Lipinski definition) is 4. The summed E-state index contributed by atoms with van der Waals surface area (Å²) in [5, 5.41) is 0. The molecule has 110 valence electrons. The third kappa shape index (κ3) is 3.42. The molecule has 1 amide bonds. The maximum Gasteiger partial charge on any atom is 0.239 e. The summed E-state index contributed by atoms with van der Waals surface area (Å²) in [6.07, 6.45) is 0.738. The first-order chi connectivity index (χ1) is 9.61. The molecule has 0 spiro atoms. The van der Waals surface area contributed by atoms with Crippen LogP contribution in [-0.4, -0.2) is 42.6 Å². The number of nitrogens with zero attached hydrogens (tertiary/aromatic N) is 1. The molecule has 2 atom stereocenters. The van der Waals surface area contributed by atoms with E-state index in [9.17, 15) is 4.79 Å². The molecule has 5 nitrogen and oxygen atoms in total. The van der Waals surface area contributed by atoms with Crippen LogP contribution in [0.4, 0.5) is 0 Å². The number of ether oxygens (including phenoxy) is 2. The number of carbonyl (C=O) groups excluding carboxylic acids is 1. The van der Waals surface area contributed by atoms with Crippen molar-refractivity contribution < 1.29 is 14.3 Å². The molecule has 5 heteroatoms. The van der Waals surface area contributed by atoms with Gasteiger partial charge in [0.05, 0.1) is 12.6 Å². The summed E-state index contributed by atoms with van der Waals surface area (Å²) in [6, 6.07) is 7.08. The van der Waals surface area contributed by atoms with Crippen LogP contribution >= 0.6 is 0 Å². The highest BCUT2D eigenvalue weighted by Crippen LogP contribution is 2.31. The molecule has 0 fully saturated rings. The van der Waals surface area contributed by atoms with Crippen molar-refractivity contribution in [3.05, 3.63) is 24.3 Å². The largest absolute Gasteiger partial charge is 0.486 e. The lowest BCUT2D eigenvalue weighted by atomic mass is 10.2. The van der Waals surface area contributed by atoms with Crippen molar-refractivity contribution in [3.63, 3.8) is 0 Å². The summed E-state index contributed by atoms with van der Waals surface area (Å²) in [4.78, 5) is 13.8. The van der Waals surface area contributed by atoms with Crippen molar-refractivity contribution in [2.24, 2.45) is 5.73 Å². The maximum atomic E-state index is 12.1. The van der Waals surface area contributed by atoms with Crippen molar-refractivity contribution in [1.29, 1.82) is 0 Å². The molecule has 20 heavy (non-hydrogen) atoms. The van der Waals surface area contributed by atoms with E-state index in [0.717, 1.165) is 17.9 Å². The lowest BCUT2D eigenvalue weighted by molar-refractivity contribution is -0.133. The smallest absolute Gasteiger partial charge is 0.239 e. The summed E-state index contributed by atoms with van der Waals surface area (Å²) >= 11 is 0. The van der Waals surface area contributed by atoms with E-state index >= 15 is 0 Å². The van der Waals surface area contributed by atoms with Gasteiger partial charge in [0.1, 0.15) is 6.61 Å². The molecule has 1 aliphatic rings. The number of carbonyl (C=O) groups is 1. The second-order valence-corrected chi connectivity index (χ2v) is 5.07. The van der Waals surface area contributed by atoms with Crippen LogP contribution in [-0.2, 0) is 4.79 Å². The van der Waals surface area contributed by atoms with Crippen LogP contribution in [0.5, 0.6) is 11.5 Å². The van der Waals surface area contributed by atoms with Crippen LogP contribution in [0.25, 0.3) is 0 Å². The number of amides is 1. The van der Waals surface area contributed by atoms with Gasteiger partial charge in [0.15, 0.2) is 17.6 Å². The molecule has 1 aromatic rings. The average Bonchev–Trinajstić information content (AvgIpc) is 2.46. The van der Waals surface area contributed by atoms with Crippen LogP contribution in [0, 0.1) is 0 Å². The van der Waals surface area contributed by atoms with Gasteiger partial charge in [-0.25, -0.2) is 0 Å². The normalized spacial score (nSPS) is 18.4. The Morgan fingerprint density at radius 3 is 2.80 bits per heavy atom. The van der Waals surface area contributed by atoms with E-state index in [1.807, 2.05) is 31.2 Å². The third-order valence-electron chi connectivity index (χ3n) is 3.19. The average molecular weight is 278 g/mol. The maximum absolute atomic E-state index is 12.1. The van der Waals surface area contributed by atoms with Gasteiger partial charge in [-0.15, -0.1) is 0 Å². The van der Waals surface area contributed by atoms with Gasteiger partial charge in [-0.2, -0.15) is 0 Å². The minimum absolute atomic E-state index is 0.0469. The quantitative estimate of drug-likeness (QED) is 0.884. The topological polar surface area (TPSA) is 64.8 Å². The van der Waals surface area contributed by atoms with E-state index < -0.39 is 6.04 Å². The number of para-hydroxylation sites is 2. The zero-order valence-electron chi connectivity index (χ0n) is 12.0.